The van der Waals surface area contributed by atoms with E-state index in [0.717, 1.165) is 4.88 Å². The Morgan fingerprint density at radius 2 is 1.86 bits per heavy atom. The Hall–Kier alpha value is -1.73. The molecule has 0 saturated carbocycles. The van der Waals surface area contributed by atoms with Crippen molar-refractivity contribution in [1.29, 1.82) is 0 Å². The summed E-state index contributed by atoms with van der Waals surface area (Å²) in [5.74, 6) is 0.404. The molecule has 0 aliphatic heterocycles. The van der Waals surface area contributed by atoms with Crippen LogP contribution in [0.5, 0.6) is 11.5 Å². The number of ether oxygens (including phenoxy) is 2. The van der Waals surface area contributed by atoms with Crippen LogP contribution in [-0.4, -0.2) is 20.5 Å². The lowest BCUT2D eigenvalue weighted by Gasteiger charge is -2.20. The third-order valence-electron chi connectivity index (χ3n) is 2.88. The van der Waals surface area contributed by atoms with Crippen LogP contribution in [0.15, 0.2) is 35.7 Å². The number of hydrogen-bond acceptors (Lipinski definition) is 4. The number of methoxy groups -OCH3 is 1. The van der Waals surface area contributed by atoms with Crippen molar-refractivity contribution in [2.45, 2.75) is 12.4 Å². The van der Waals surface area contributed by atoms with Crippen molar-refractivity contribution in [2.24, 2.45) is 0 Å². The minimum atomic E-state index is -4.73. The fourth-order valence-corrected chi connectivity index (χ4v) is 3.04. The van der Waals surface area contributed by atoms with E-state index in [1.165, 1.54) is 30.6 Å². The quantitative estimate of drug-likeness (QED) is 0.905. The summed E-state index contributed by atoms with van der Waals surface area (Å²) in [6, 6.07) is 7.40. The topological polar surface area (TPSA) is 30.5 Å². The molecule has 1 N–H and O–H groups in total. The van der Waals surface area contributed by atoms with Crippen molar-refractivity contribution in [3.05, 3.63) is 46.2 Å². The summed E-state index contributed by atoms with van der Waals surface area (Å²) < 4.78 is 46.9. The Kier molecular flexibility index (Phi) is 4.74. The van der Waals surface area contributed by atoms with E-state index < -0.39 is 12.4 Å². The first kappa shape index (κ1) is 15.7. The van der Waals surface area contributed by atoms with Crippen LogP contribution in [0.1, 0.15) is 16.5 Å². The zero-order valence-electron chi connectivity index (χ0n) is 11.4. The van der Waals surface area contributed by atoms with E-state index in [0.29, 0.717) is 11.3 Å². The van der Waals surface area contributed by atoms with Gasteiger partial charge in [0.15, 0.2) is 0 Å². The van der Waals surface area contributed by atoms with Crippen molar-refractivity contribution in [1.82, 2.24) is 5.32 Å². The minimum absolute atomic E-state index is 0.222. The molecule has 0 radical (unpaired) electrons. The smallest absolute Gasteiger partial charge is 0.496 e. The lowest BCUT2D eigenvalue weighted by Crippen LogP contribution is -2.22. The summed E-state index contributed by atoms with van der Waals surface area (Å²) in [7, 11) is 3.20. The first-order chi connectivity index (χ1) is 9.96. The number of benzene rings is 1. The first-order valence-electron chi connectivity index (χ1n) is 6.09. The van der Waals surface area contributed by atoms with E-state index in [4.69, 9.17) is 4.74 Å². The highest BCUT2D eigenvalue weighted by Crippen LogP contribution is 2.39. The van der Waals surface area contributed by atoms with Crippen LogP contribution >= 0.6 is 11.3 Å². The van der Waals surface area contributed by atoms with Crippen LogP contribution in [0, 0.1) is 0 Å². The molecule has 1 unspecified atom stereocenters. The molecule has 0 fully saturated rings. The molecule has 0 amide bonds. The van der Waals surface area contributed by atoms with Crippen LogP contribution in [0.25, 0.3) is 0 Å². The molecule has 0 saturated heterocycles. The average Bonchev–Trinajstić information content (AvgIpc) is 2.88. The summed E-state index contributed by atoms with van der Waals surface area (Å²) in [6.07, 6.45) is -4.73. The maximum Gasteiger partial charge on any atom is 0.573 e. The first-order valence-corrected chi connectivity index (χ1v) is 6.97. The highest BCUT2D eigenvalue weighted by molar-refractivity contribution is 7.10. The van der Waals surface area contributed by atoms with Gasteiger partial charge in [-0.15, -0.1) is 24.5 Å². The van der Waals surface area contributed by atoms with Gasteiger partial charge in [-0.25, -0.2) is 0 Å². The van der Waals surface area contributed by atoms with E-state index in [1.807, 2.05) is 5.38 Å². The van der Waals surface area contributed by atoms with E-state index in [-0.39, 0.29) is 5.75 Å². The van der Waals surface area contributed by atoms with Crippen molar-refractivity contribution >= 4 is 11.3 Å². The largest absolute Gasteiger partial charge is 0.573 e. The summed E-state index contributed by atoms with van der Waals surface area (Å²) in [5, 5.41) is 4.83. The van der Waals surface area contributed by atoms with Crippen LogP contribution in [-0.2, 0) is 0 Å². The molecule has 7 heteroatoms. The average molecular weight is 317 g/mol. The van der Waals surface area contributed by atoms with Crippen LogP contribution in [0.4, 0.5) is 13.2 Å². The summed E-state index contributed by atoms with van der Waals surface area (Å²) in [4.78, 5) is 0.790. The molecule has 1 aromatic heterocycles. The van der Waals surface area contributed by atoms with Crippen molar-refractivity contribution in [2.75, 3.05) is 14.2 Å². The molecule has 21 heavy (non-hydrogen) atoms. The lowest BCUT2D eigenvalue weighted by molar-refractivity contribution is -0.274. The van der Waals surface area contributed by atoms with E-state index in [1.54, 1.807) is 25.2 Å². The van der Waals surface area contributed by atoms with E-state index in [9.17, 15) is 13.2 Å². The van der Waals surface area contributed by atoms with Gasteiger partial charge in [-0.05, 0) is 24.6 Å². The Balaban J connectivity index is 2.43. The van der Waals surface area contributed by atoms with Gasteiger partial charge in [-0.3, -0.25) is 0 Å². The second-order valence-corrected chi connectivity index (χ2v) is 5.11. The molecule has 1 aromatic carbocycles. The van der Waals surface area contributed by atoms with Crippen molar-refractivity contribution in [3.8, 4) is 11.5 Å². The molecule has 114 valence electrons. The zero-order chi connectivity index (χ0) is 15.5. The second kappa shape index (κ2) is 6.36. The predicted molar refractivity (Wildman–Crippen MR) is 74.9 cm³/mol. The monoisotopic (exact) mass is 317 g/mol. The molecule has 2 aromatic rings. The van der Waals surface area contributed by atoms with Gasteiger partial charge in [0.1, 0.15) is 11.5 Å². The molecular weight excluding hydrogens is 303 g/mol. The number of para-hydroxylation sites is 1. The van der Waals surface area contributed by atoms with E-state index in [2.05, 4.69) is 10.1 Å². The van der Waals surface area contributed by atoms with Gasteiger partial charge in [0.25, 0.3) is 0 Å². The summed E-state index contributed by atoms with van der Waals surface area (Å²) in [6.45, 7) is 0. The van der Waals surface area contributed by atoms with Gasteiger partial charge in [0.05, 0.1) is 18.0 Å². The molecule has 0 bridgehead atoms. The summed E-state index contributed by atoms with van der Waals surface area (Å²) >= 11 is 1.40. The molecule has 1 heterocycles. The second-order valence-electron chi connectivity index (χ2n) is 4.16. The normalized spacial score (nSPS) is 13.0. The zero-order valence-corrected chi connectivity index (χ0v) is 12.2. The van der Waals surface area contributed by atoms with E-state index >= 15 is 0 Å². The lowest BCUT2D eigenvalue weighted by atomic mass is 10.0. The SMILES string of the molecule is CNC(c1ccccc1OC(F)(F)F)c1sccc1OC. The third kappa shape index (κ3) is 3.68. The van der Waals surface area contributed by atoms with Crippen molar-refractivity contribution < 1.29 is 22.6 Å². The fraction of sp³-hybridized carbons (Fsp3) is 0.286. The maximum atomic E-state index is 12.5. The molecule has 3 nitrogen and oxygen atoms in total. The molecule has 1 atom stereocenters. The molecular formula is C14H14F3NO2S. The van der Waals surface area contributed by atoms with Gasteiger partial charge in [0, 0.05) is 5.56 Å². The van der Waals surface area contributed by atoms with Gasteiger partial charge >= 0.3 is 6.36 Å². The van der Waals surface area contributed by atoms with Crippen LogP contribution < -0.4 is 14.8 Å². The highest BCUT2D eigenvalue weighted by atomic mass is 32.1. The Bertz CT molecular complexity index is 598. The Morgan fingerprint density at radius 3 is 2.48 bits per heavy atom. The minimum Gasteiger partial charge on any atom is -0.496 e. The highest BCUT2D eigenvalue weighted by Gasteiger charge is 2.33. The van der Waals surface area contributed by atoms with Crippen molar-refractivity contribution in [3.63, 3.8) is 0 Å². The van der Waals surface area contributed by atoms with Gasteiger partial charge in [-0.1, -0.05) is 18.2 Å². The van der Waals surface area contributed by atoms with Gasteiger partial charge < -0.3 is 14.8 Å². The molecule has 0 aliphatic carbocycles. The Morgan fingerprint density at radius 1 is 1.14 bits per heavy atom. The van der Waals surface area contributed by atoms with Gasteiger partial charge in [-0.2, -0.15) is 0 Å². The molecule has 2 rings (SSSR count). The molecule has 0 spiro atoms. The number of hydrogen-bond donors (Lipinski definition) is 1. The third-order valence-corrected chi connectivity index (χ3v) is 3.85. The van der Waals surface area contributed by atoms with Gasteiger partial charge in [0.2, 0.25) is 0 Å². The number of rotatable bonds is 5. The predicted octanol–water partition coefficient (Wildman–Crippen LogP) is 3.96. The fourth-order valence-electron chi connectivity index (χ4n) is 2.05. The summed E-state index contributed by atoms with van der Waals surface area (Å²) in [5.41, 5.74) is 0.401. The van der Waals surface area contributed by atoms with Crippen LogP contribution in [0.3, 0.4) is 0 Å². The number of nitrogens with one attached hydrogen (secondary N) is 1. The maximum absolute atomic E-state index is 12.5. The van der Waals surface area contributed by atoms with Crippen LogP contribution in [0.2, 0.25) is 0 Å². The number of thiophene rings is 1. The Labute approximate surface area is 124 Å². The number of halogens is 3. The number of alkyl halides is 3. The molecule has 0 aliphatic rings. The standard InChI is InChI=1S/C14H14F3NO2S/c1-18-12(13-11(19-2)7-8-21-13)9-5-3-4-6-10(9)20-14(15,16)17/h3-8,12,18H,1-2H3.